The average Bonchev–Trinajstić information content (AvgIpc) is 3.28. The highest BCUT2D eigenvalue weighted by Crippen LogP contribution is 2.28. The summed E-state index contributed by atoms with van der Waals surface area (Å²) < 4.78 is 23.2. The third-order valence-electron chi connectivity index (χ3n) is 5.52. The molecule has 3 heterocycles. The lowest BCUT2D eigenvalue weighted by Gasteiger charge is -2.28. The van der Waals surface area contributed by atoms with Crippen molar-refractivity contribution in [3.63, 3.8) is 0 Å². The average molecular weight is 419 g/mol. The lowest BCUT2D eigenvalue weighted by molar-refractivity contribution is -0.119. The van der Waals surface area contributed by atoms with E-state index in [1.807, 2.05) is 11.8 Å². The molecule has 0 radical (unpaired) electrons. The van der Waals surface area contributed by atoms with E-state index in [1.54, 1.807) is 29.5 Å². The van der Waals surface area contributed by atoms with Crippen LogP contribution in [-0.2, 0) is 27.6 Å². The third kappa shape index (κ3) is 3.71. The first-order valence-electron chi connectivity index (χ1n) is 9.29. The number of carbonyl (C=O) groups excluding carboxylic acids is 2. The van der Waals surface area contributed by atoms with Crippen LogP contribution in [0.25, 0.3) is 0 Å². The van der Waals surface area contributed by atoms with Gasteiger partial charge in [-0.05, 0) is 54.5 Å². The summed E-state index contributed by atoms with van der Waals surface area (Å²) in [6, 6.07) is 7.34. The van der Waals surface area contributed by atoms with Crippen molar-refractivity contribution in [1.29, 1.82) is 0 Å². The Morgan fingerprint density at radius 1 is 1.25 bits per heavy atom. The fraction of sp³-hybridized carbons (Fsp3) is 0.400. The van der Waals surface area contributed by atoms with Gasteiger partial charge in [-0.3, -0.25) is 9.59 Å². The van der Waals surface area contributed by atoms with Crippen molar-refractivity contribution < 1.29 is 18.0 Å². The van der Waals surface area contributed by atoms with Crippen molar-refractivity contribution >= 4 is 38.7 Å². The van der Waals surface area contributed by atoms with Gasteiger partial charge in [-0.15, -0.1) is 11.3 Å². The van der Waals surface area contributed by atoms with Gasteiger partial charge in [0.15, 0.2) is 9.84 Å². The number of amides is 2. The molecule has 1 N–H and O–H groups in total. The normalized spacial score (nSPS) is 20.6. The van der Waals surface area contributed by atoms with Crippen molar-refractivity contribution in [2.45, 2.75) is 26.3 Å². The summed E-state index contributed by atoms with van der Waals surface area (Å²) in [6.07, 6.45) is 1.22. The van der Waals surface area contributed by atoms with Gasteiger partial charge in [0.2, 0.25) is 5.91 Å². The van der Waals surface area contributed by atoms with Gasteiger partial charge in [-0.1, -0.05) is 6.07 Å². The SMILES string of the molecule is Cc1c(NC(=O)C2CCS(=O)(=O)C2)cccc1C(=O)N1CCc2sccc2C1. The fourth-order valence-corrected chi connectivity index (χ4v) is 6.46. The molecule has 2 aliphatic heterocycles. The van der Waals surface area contributed by atoms with E-state index < -0.39 is 15.8 Å². The number of sulfone groups is 1. The number of carbonyl (C=O) groups is 2. The van der Waals surface area contributed by atoms with Crippen LogP contribution in [0.3, 0.4) is 0 Å². The molecule has 1 aromatic carbocycles. The first kappa shape index (κ1) is 19.1. The molecule has 0 spiro atoms. The Morgan fingerprint density at radius 3 is 2.82 bits per heavy atom. The maximum Gasteiger partial charge on any atom is 0.254 e. The van der Waals surface area contributed by atoms with Crippen LogP contribution < -0.4 is 5.32 Å². The summed E-state index contributed by atoms with van der Waals surface area (Å²) in [6.45, 7) is 3.10. The van der Waals surface area contributed by atoms with E-state index in [2.05, 4.69) is 16.8 Å². The minimum absolute atomic E-state index is 0.0473. The molecule has 1 unspecified atom stereocenters. The number of anilines is 1. The molecule has 2 aromatic rings. The first-order chi connectivity index (χ1) is 13.3. The predicted octanol–water partition coefficient (Wildman–Crippen LogP) is 2.63. The van der Waals surface area contributed by atoms with Gasteiger partial charge in [0.05, 0.1) is 17.4 Å². The van der Waals surface area contributed by atoms with Gasteiger partial charge in [-0.2, -0.15) is 0 Å². The molecule has 2 aliphatic rings. The summed E-state index contributed by atoms with van der Waals surface area (Å²) in [5, 5.41) is 4.89. The molecule has 1 fully saturated rings. The molecule has 2 amide bonds. The minimum atomic E-state index is -3.12. The highest BCUT2D eigenvalue weighted by Gasteiger charge is 2.33. The topological polar surface area (TPSA) is 83.5 Å². The Kier molecular flexibility index (Phi) is 5.01. The molecule has 0 saturated carbocycles. The Labute approximate surface area is 168 Å². The van der Waals surface area contributed by atoms with Crippen molar-refractivity contribution in [2.75, 3.05) is 23.4 Å². The Hall–Kier alpha value is -2.19. The number of thiophene rings is 1. The van der Waals surface area contributed by atoms with Crippen LogP contribution in [0, 0.1) is 12.8 Å². The van der Waals surface area contributed by atoms with E-state index in [0.29, 0.717) is 36.3 Å². The van der Waals surface area contributed by atoms with Gasteiger partial charge < -0.3 is 10.2 Å². The molecule has 1 saturated heterocycles. The monoisotopic (exact) mass is 418 g/mol. The van der Waals surface area contributed by atoms with E-state index in [0.717, 1.165) is 6.42 Å². The van der Waals surface area contributed by atoms with E-state index in [4.69, 9.17) is 0 Å². The molecule has 1 atom stereocenters. The second-order valence-electron chi connectivity index (χ2n) is 7.41. The Bertz CT molecular complexity index is 1040. The quantitative estimate of drug-likeness (QED) is 0.831. The van der Waals surface area contributed by atoms with Crippen LogP contribution in [0.1, 0.15) is 32.8 Å². The molecule has 4 rings (SSSR count). The zero-order chi connectivity index (χ0) is 19.9. The van der Waals surface area contributed by atoms with Crippen LogP contribution in [0.5, 0.6) is 0 Å². The number of benzene rings is 1. The Balaban J connectivity index is 1.51. The summed E-state index contributed by atoms with van der Waals surface area (Å²) >= 11 is 1.73. The number of rotatable bonds is 3. The molecular formula is C20H22N2O4S2. The van der Waals surface area contributed by atoms with Crippen LogP contribution in [0.15, 0.2) is 29.6 Å². The summed E-state index contributed by atoms with van der Waals surface area (Å²) in [5.74, 6) is -0.915. The van der Waals surface area contributed by atoms with E-state index in [-0.39, 0.29) is 23.3 Å². The number of hydrogen-bond donors (Lipinski definition) is 1. The molecular weight excluding hydrogens is 396 g/mol. The van der Waals surface area contributed by atoms with Crippen LogP contribution in [0.4, 0.5) is 5.69 Å². The molecule has 148 valence electrons. The summed E-state index contributed by atoms with van der Waals surface area (Å²) in [5.41, 5.74) is 3.04. The predicted molar refractivity (Wildman–Crippen MR) is 109 cm³/mol. The van der Waals surface area contributed by atoms with Crippen LogP contribution in [-0.4, -0.2) is 43.2 Å². The molecule has 28 heavy (non-hydrogen) atoms. The zero-order valence-corrected chi connectivity index (χ0v) is 17.2. The minimum Gasteiger partial charge on any atom is -0.334 e. The van der Waals surface area contributed by atoms with Crippen molar-refractivity contribution in [3.05, 3.63) is 51.2 Å². The highest BCUT2D eigenvalue weighted by molar-refractivity contribution is 7.91. The van der Waals surface area contributed by atoms with E-state index in [9.17, 15) is 18.0 Å². The van der Waals surface area contributed by atoms with Gasteiger partial charge in [-0.25, -0.2) is 8.42 Å². The molecule has 1 aromatic heterocycles. The summed E-state index contributed by atoms with van der Waals surface area (Å²) in [7, 11) is -3.12. The second-order valence-corrected chi connectivity index (χ2v) is 10.6. The molecule has 0 aliphatic carbocycles. The van der Waals surface area contributed by atoms with E-state index >= 15 is 0 Å². The zero-order valence-electron chi connectivity index (χ0n) is 15.6. The molecule has 8 heteroatoms. The first-order valence-corrected chi connectivity index (χ1v) is 12.0. The van der Waals surface area contributed by atoms with Crippen molar-refractivity contribution in [2.24, 2.45) is 5.92 Å². The fourth-order valence-electron chi connectivity index (χ4n) is 3.83. The molecule has 6 nitrogen and oxygen atoms in total. The van der Waals surface area contributed by atoms with Gasteiger partial charge >= 0.3 is 0 Å². The Morgan fingerprint density at radius 2 is 2.07 bits per heavy atom. The van der Waals surface area contributed by atoms with E-state index in [1.165, 1.54) is 10.4 Å². The summed E-state index contributed by atoms with van der Waals surface area (Å²) in [4.78, 5) is 28.7. The van der Waals surface area contributed by atoms with Gasteiger partial charge in [0.1, 0.15) is 0 Å². The lowest BCUT2D eigenvalue weighted by Crippen LogP contribution is -2.35. The second kappa shape index (κ2) is 7.33. The van der Waals surface area contributed by atoms with Crippen molar-refractivity contribution in [3.8, 4) is 0 Å². The number of fused-ring (bicyclic) bond motifs is 1. The largest absolute Gasteiger partial charge is 0.334 e. The maximum atomic E-state index is 13.1. The smallest absolute Gasteiger partial charge is 0.254 e. The third-order valence-corrected chi connectivity index (χ3v) is 8.31. The van der Waals surface area contributed by atoms with Crippen molar-refractivity contribution in [1.82, 2.24) is 4.90 Å². The molecule has 0 bridgehead atoms. The number of nitrogens with one attached hydrogen (secondary N) is 1. The van der Waals surface area contributed by atoms with Crippen LogP contribution in [0.2, 0.25) is 0 Å². The van der Waals surface area contributed by atoms with Gasteiger partial charge in [0, 0.05) is 29.2 Å². The number of nitrogens with zero attached hydrogens (tertiary/aromatic N) is 1. The number of hydrogen-bond acceptors (Lipinski definition) is 5. The van der Waals surface area contributed by atoms with Crippen LogP contribution >= 0.6 is 11.3 Å². The maximum absolute atomic E-state index is 13.1. The van der Waals surface area contributed by atoms with Gasteiger partial charge in [0.25, 0.3) is 5.91 Å². The highest BCUT2D eigenvalue weighted by atomic mass is 32.2. The standard InChI is InChI=1S/C20H22N2O4S2/c1-13-16(20(24)22-8-5-18-14(11-22)6-9-27-18)3-2-4-17(13)21-19(23)15-7-10-28(25,26)12-15/h2-4,6,9,15H,5,7-8,10-12H2,1H3,(H,21,23). The lowest BCUT2D eigenvalue weighted by atomic mass is 10.0.